The Kier molecular flexibility index (Phi) is 4.97. The summed E-state index contributed by atoms with van der Waals surface area (Å²) in [6, 6.07) is 4.32. The third-order valence-corrected chi connectivity index (χ3v) is 5.98. The largest absolute Gasteiger partial charge is 0.481 e. The molecule has 7 heteroatoms. The fourth-order valence-electron chi connectivity index (χ4n) is 4.74. The molecule has 2 aromatic heterocycles. The fraction of sp³-hybridized carbons (Fsp3) is 0.550. The Morgan fingerprint density at radius 3 is 2.59 bits per heavy atom. The number of rotatable bonds is 5. The molecule has 0 amide bonds. The Hall–Kier alpha value is -2.25. The summed E-state index contributed by atoms with van der Waals surface area (Å²) in [6.07, 6.45) is 8.47. The predicted octanol–water partition coefficient (Wildman–Crippen LogP) is 2.01. The van der Waals surface area contributed by atoms with Crippen molar-refractivity contribution in [3.05, 3.63) is 41.9 Å². The van der Waals surface area contributed by atoms with Gasteiger partial charge in [0.05, 0.1) is 19.8 Å². The maximum Gasteiger partial charge on any atom is 0.319 e. The maximum absolute atomic E-state index is 11.8. The van der Waals surface area contributed by atoms with Crippen LogP contribution < -0.4 is 9.47 Å². The zero-order chi connectivity index (χ0) is 18.9. The average Bonchev–Trinajstić information content (AvgIpc) is 2.69. The van der Waals surface area contributed by atoms with E-state index in [1.54, 1.807) is 19.5 Å². The first-order valence-electron chi connectivity index (χ1n) is 9.44. The van der Waals surface area contributed by atoms with Crippen LogP contribution in [0.2, 0.25) is 0 Å². The Morgan fingerprint density at radius 2 is 1.96 bits per heavy atom. The summed E-state index contributed by atoms with van der Waals surface area (Å²) in [6.45, 7) is 2.52. The molecule has 4 rings (SSSR count). The summed E-state index contributed by atoms with van der Waals surface area (Å²) in [5.74, 6) is 0.641. The van der Waals surface area contributed by atoms with Gasteiger partial charge in [-0.1, -0.05) is 12.5 Å². The molecule has 7 nitrogen and oxygen atoms in total. The first-order chi connectivity index (χ1) is 13.1. The van der Waals surface area contributed by atoms with Gasteiger partial charge in [-0.2, -0.15) is 4.98 Å². The lowest BCUT2D eigenvalue weighted by Gasteiger charge is -2.53. The molecule has 0 radical (unpaired) electrons. The molecule has 2 fully saturated rings. The zero-order valence-corrected chi connectivity index (χ0v) is 15.8. The van der Waals surface area contributed by atoms with Crippen LogP contribution in [0.4, 0.5) is 0 Å². The molecular weight excluding hydrogens is 344 g/mol. The van der Waals surface area contributed by atoms with Gasteiger partial charge in [0.1, 0.15) is 5.60 Å². The van der Waals surface area contributed by atoms with E-state index in [4.69, 9.17) is 9.47 Å². The quantitative estimate of drug-likeness (QED) is 0.862. The number of ether oxygens (including phenoxy) is 2. The second-order valence-electron chi connectivity index (χ2n) is 7.49. The molecule has 3 heterocycles. The van der Waals surface area contributed by atoms with Crippen LogP contribution in [0.25, 0.3) is 0 Å². The van der Waals surface area contributed by atoms with Crippen LogP contribution in [0.5, 0.6) is 11.9 Å². The number of nitrogens with zero attached hydrogens (tertiary/aromatic N) is 4. The SMILES string of the molecule is COc1ncc(C2(O)C3CCCC2CN(Cc2cccnc2)C3)c(OC)n1. The van der Waals surface area contributed by atoms with E-state index in [1.807, 2.05) is 12.3 Å². The normalized spacial score (nSPS) is 28.0. The van der Waals surface area contributed by atoms with Crippen LogP contribution in [-0.2, 0) is 12.1 Å². The van der Waals surface area contributed by atoms with E-state index in [1.165, 1.54) is 12.7 Å². The first kappa shape index (κ1) is 18.1. The van der Waals surface area contributed by atoms with Crippen LogP contribution in [0.15, 0.2) is 30.7 Å². The molecule has 2 bridgehead atoms. The first-order valence-corrected chi connectivity index (χ1v) is 9.44. The van der Waals surface area contributed by atoms with E-state index in [0.717, 1.165) is 38.9 Å². The number of methoxy groups -OCH3 is 2. The van der Waals surface area contributed by atoms with E-state index >= 15 is 0 Å². The third-order valence-electron chi connectivity index (χ3n) is 5.98. The lowest BCUT2D eigenvalue weighted by atomic mass is 9.63. The van der Waals surface area contributed by atoms with Gasteiger partial charge in [0.15, 0.2) is 0 Å². The smallest absolute Gasteiger partial charge is 0.319 e. The van der Waals surface area contributed by atoms with Gasteiger partial charge in [-0.3, -0.25) is 9.88 Å². The summed E-state index contributed by atoms with van der Waals surface area (Å²) < 4.78 is 10.6. The number of aromatic nitrogens is 3. The van der Waals surface area contributed by atoms with Crippen LogP contribution >= 0.6 is 0 Å². The molecule has 1 aliphatic carbocycles. The molecular formula is C20H26N4O3. The van der Waals surface area contributed by atoms with Gasteiger partial charge in [0.2, 0.25) is 5.88 Å². The minimum absolute atomic E-state index is 0.118. The number of hydrogen-bond acceptors (Lipinski definition) is 7. The van der Waals surface area contributed by atoms with Crippen LogP contribution in [-0.4, -0.2) is 52.3 Å². The number of likely N-dealkylation sites (tertiary alicyclic amines) is 1. The van der Waals surface area contributed by atoms with Crippen molar-refractivity contribution in [3.8, 4) is 11.9 Å². The molecule has 1 saturated heterocycles. The molecule has 144 valence electrons. The van der Waals surface area contributed by atoms with Crippen molar-refractivity contribution in [2.75, 3.05) is 27.3 Å². The second kappa shape index (κ2) is 7.40. The summed E-state index contributed by atoms with van der Waals surface area (Å²) >= 11 is 0. The highest BCUT2D eigenvalue weighted by Gasteiger charge is 2.53. The summed E-state index contributed by atoms with van der Waals surface area (Å²) in [5, 5.41) is 11.8. The predicted molar refractivity (Wildman–Crippen MR) is 99.4 cm³/mol. The molecule has 1 N–H and O–H groups in total. The average molecular weight is 370 g/mol. The van der Waals surface area contributed by atoms with Gasteiger partial charge in [-0.05, 0) is 24.5 Å². The second-order valence-corrected chi connectivity index (χ2v) is 7.49. The molecule has 2 unspecified atom stereocenters. The van der Waals surface area contributed by atoms with Crippen molar-refractivity contribution in [1.29, 1.82) is 0 Å². The van der Waals surface area contributed by atoms with Gasteiger partial charge in [-0.15, -0.1) is 0 Å². The van der Waals surface area contributed by atoms with Crippen molar-refractivity contribution >= 4 is 0 Å². The van der Waals surface area contributed by atoms with E-state index in [-0.39, 0.29) is 17.8 Å². The number of aliphatic hydroxyl groups is 1. The fourth-order valence-corrected chi connectivity index (χ4v) is 4.74. The molecule has 2 atom stereocenters. The van der Waals surface area contributed by atoms with Crippen molar-refractivity contribution in [2.45, 2.75) is 31.4 Å². The lowest BCUT2D eigenvalue weighted by molar-refractivity contribution is -0.149. The zero-order valence-electron chi connectivity index (χ0n) is 15.8. The Bertz CT molecular complexity index is 772. The molecule has 0 aromatic carbocycles. The number of piperidine rings is 1. The van der Waals surface area contributed by atoms with Crippen LogP contribution in [0.1, 0.15) is 30.4 Å². The highest BCUT2D eigenvalue weighted by atomic mass is 16.5. The van der Waals surface area contributed by atoms with Gasteiger partial charge in [0, 0.05) is 50.1 Å². The molecule has 1 aliphatic heterocycles. The molecule has 1 saturated carbocycles. The topological polar surface area (TPSA) is 80.6 Å². The molecule has 2 aromatic rings. The molecule has 2 aliphatic rings. The number of fused-ring (bicyclic) bond motifs is 2. The summed E-state index contributed by atoms with van der Waals surface area (Å²) in [7, 11) is 3.09. The van der Waals surface area contributed by atoms with Crippen LogP contribution in [0, 0.1) is 11.8 Å². The Labute approximate surface area is 159 Å². The van der Waals surface area contributed by atoms with Crippen molar-refractivity contribution in [2.24, 2.45) is 11.8 Å². The van der Waals surface area contributed by atoms with E-state index < -0.39 is 5.60 Å². The number of hydrogen-bond donors (Lipinski definition) is 1. The summed E-state index contributed by atoms with van der Waals surface area (Å²) in [5.41, 5.74) is 0.911. The van der Waals surface area contributed by atoms with Crippen molar-refractivity contribution < 1.29 is 14.6 Å². The van der Waals surface area contributed by atoms with Crippen molar-refractivity contribution in [1.82, 2.24) is 19.9 Å². The maximum atomic E-state index is 11.8. The van der Waals surface area contributed by atoms with Gasteiger partial charge in [-0.25, -0.2) is 4.98 Å². The Morgan fingerprint density at radius 1 is 1.19 bits per heavy atom. The monoisotopic (exact) mass is 370 g/mol. The van der Waals surface area contributed by atoms with Crippen LogP contribution in [0.3, 0.4) is 0 Å². The minimum atomic E-state index is -0.971. The highest BCUT2D eigenvalue weighted by Crippen LogP contribution is 2.51. The third kappa shape index (κ3) is 3.26. The minimum Gasteiger partial charge on any atom is -0.481 e. The van der Waals surface area contributed by atoms with Gasteiger partial charge < -0.3 is 14.6 Å². The Balaban J connectivity index is 1.62. The number of pyridine rings is 1. The van der Waals surface area contributed by atoms with Crippen molar-refractivity contribution in [3.63, 3.8) is 0 Å². The highest BCUT2D eigenvalue weighted by molar-refractivity contribution is 5.34. The van der Waals surface area contributed by atoms with E-state index in [2.05, 4.69) is 25.9 Å². The molecule has 27 heavy (non-hydrogen) atoms. The lowest BCUT2D eigenvalue weighted by Crippen LogP contribution is -2.58. The van der Waals surface area contributed by atoms with E-state index in [9.17, 15) is 5.11 Å². The standard InChI is InChI=1S/C20H26N4O3/c1-26-18-17(10-22-19(23-18)27-2)20(25)15-6-3-7-16(20)13-24(12-15)11-14-5-4-8-21-9-14/h4-5,8-10,15-16,25H,3,6-7,11-13H2,1-2H3. The summed E-state index contributed by atoms with van der Waals surface area (Å²) in [4.78, 5) is 15.2. The van der Waals surface area contributed by atoms with Gasteiger partial charge in [0.25, 0.3) is 0 Å². The molecule has 0 spiro atoms. The van der Waals surface area contributed by atoms with E-state index in [0.29, 0.717) is 11.4 Å². The van der Waals surface area contributed by atoms with Gasteiger partial charge >= 0.3 is 6.01 Å².